The van der Waals surface area contributed by atoms with Crippen LogP contribution in [0.3, 0.4) is 0 Å². The minimum Gasteiger partial charge on any atom is -0.435 e. The average Bonchev–Trinajstić information content (AvgIpc) is 3.35. The second kappa shape index (κ2) is 14.8. The standard InChI is InChI=1S/C27H31ClF2N4O5Si/c1-2-3-9-22(25(37)33-21(16-35)13-17-10-12-32-24(17)36)40-34-26(38)39-23(18-6-5-11-31-15-18)27(29,30)19-7-4-8-20(28)14-19/h4-8,11,14-17,21-23H,2-3,9-10,12-13H2,1H3,(H,32,36)(H,33,37)(H,34,38)/t17-,21-,22-,23?/m0/s1. The fourth-order valence-corrected chi connectivity index (χ4v) is 5.40. The molecule has 0 saturated carbocycles. The van der Waals surface area contributed by atoms with Crippen molar-refractivity contribution < 1.29 is 32.7 Å². The van der Waals surface area contributed by atoms with Crippen LogP contribution in [0, 0.1) is 5.92 Å². The van der Waals surface area contributed by atoms with Gasteiger partial charge in [0.1, 0.15) is 6.29 Å². The minimum atomic E-state index is -3.66. The number of aldehydes is 1. The molecule has 3 N–H and O–H groups in total. The maximum Gasteiger partial charge on any atom is 0.399 e. The molecule has 40 heavy (non-hydrogen) atoms. The van der Waals surface area contributed by atoms with Crippen molar-refractivity contribution in [3.8, 4) is 0 Å². The molecule has 0 bridgehead atoms. The highest BCUT2D eigenvalue weighted by molar-refractivity contribution is 6.44. The summed E-state index contributed by atoms with van der Waals surface area (Å²) in [6.45, 7) is 2.45. The van der Waals surface area contributed by atoms with E-state index in [9.17, 15) is 19.2 Å². The number of halogens is 3. The summed E-state index contributed by atoms with van der Waals surface area (Å²) in [5, 5.41) is 5.44. The Morgan fingerprint density at radius 3 is 2.75 bits per heavy atom. The molecule has 3 amide bonds. The van der Waals surface area contributed by atoms with Gasteiger partial charge in [-0.2, -0.15) is 8.78 Å². The van der Waals surface area contributed by atoms with Crippen molar-refractivity contribution in [2.75, 3.05) is 6.54 Å². The number of unbranched alkanes of at least 4 members (excludes halogenated alkanes) is 1. The van der Waals surface area contributed by atoms with Crippen LogP contribution in [0.15, 0.2) is 48.8 Å². The monoisotopic (exact) mass is 592 g/mol. The molecule has 1 unspecified atom stereocenters. The van der Waals surface area contributed by atoms with Crippen LogP contribution in [0.4, 0.5) is 13.6 Å². The molecule has 0 spiro atoms. The fraction of sp³-hybridized carbons (Fsp3) is 0.444. The van der Waals surface area contributed by atoms with E-state index in [0.29, 0.717) is 32.1 Å². The molecule has 0 aliphatic carbocycles. The number of amides is 3. The molecule has 1 fully saturated rings. The average molecular weight is 593 g/mol. The molecule has 2 heterocycles. The lowest BCUT2D eigenvalue weighted by Gasteiger charge is -2.27. The summed E-state index contributed by atoms with van der Waals surface area (Å²) in [5.41, 5.74) is -1.20. The van der Waals surface area contributed by atoms with Gasteiger partial charge in [0.05, 0.1) is 11.6 Å². The zero-order chi connectivity index (χ0) is 29.1. The highest BCUT2D eigenvalue weighted by atomic mass is 35.5. The number of nitrogens with one attached hydrogen (secondary N) is 3. The molecule has 1 aliphatic rings. The van der Waals surface area contributed by atoms with Gasteiger partial charge in [-0.15, -0.1) is 0 Å². The highest BCUT2D eigenvalue weighted by Gasteiger charge is 2.46. The second-order valence-electron chi connectivity index (χ2n) is 9.43. The Morgan fingerprint density at radius 1 is 1.32 bits per heavy atom. The first-order valence-electron chi connectivity index (χ1n) is 12.9. The molecule has 1 saturated heterocycles. The Hall–Kier alpha value is -3.38. The Kier molecular flexibility index (Phi) is 11.6. The van der Waals surface area contributed by atoms with Crippen LogP contribution < -0.4 is 15.6 Å². The quantitative estimate of drug-likeness (QED) is 0.224. The number of benzene rings is 1. The van der Waals surface area contributed by atoms with E-state index in [1.54, 1.807) is 0 Å². The van der Waals surface area contributed by atoms with Crippen molar-refractivity contribution in [1.82, 2.24) is 20.6 Å². The predicted octanol–water partition coefficient (Wildman–Crippen LogP) is 4.10. The van der Waals surface area contributed by atoms with Crippen molar-refractivity contribution in [2.24, 2.45) is 5.92 Å². The minimum absolute atomic E-state index is 0.0315. The number of carbonyl (C=O) groups is 4. The zero-order valence-electron chi connectivity index (χ0n) is 21.9. The molecule has 3 rings (SSSR count). The third-order valence-electron chi connectivity index (χ3n) is 6.46. The van der Waals surface area contributed by atoms with Gasteiger partial charge in [0.15, 0.2) is 15.8 Å². The molecule has 2 radical (unpaired) electrons. The predicted molar refractivity (Wildman–Crippen MR) is 145 cm³/mol. The van der Waals surface area contributed by atoms with Gasteiger partial charge in [-0.25, -0.2) is 4.79 Å². The number of ether oxygens (including phenoxy) is 1. The second-order valence-corrected chi connectivity index (χ2v) is 11.1. The van der Waals surface area contributed by atoms with Crippen molar-refractivity contribution in [3.05, 3.63) is 64.9 Å². The maximum atomic E-state index is 15.6. The maximum absolute atomic E-state index is 15.6. The molecule has 2 aromatic rings. The van der Waals surface area contributed by atoms with Gasteiger partial charge < -0.3 is 25.1 Å². The number of nitrogens with zero attached hydrogens (tertiary/aromatic N) is 1. The Balaban J connectivity index is 1.69. The third kappa shape index (κ3) is 8.56. The first kappa shape index (κ1) is 31.1. The van der Waals surface area contributed by atoms with E-state index in [4.69, 9.17) is 16.3 Å². The molecule has 214 valence electrons. The topological polar surface area (TPSA) is 126 Å². The Bertz CT molecular complexity index is 1180. The van der Waals surface area contributed by atoms with Crippen LogP contribution >= 0.6 is 11.6 Å². The van der Waals surface area contributed by atoms with E-state index >= 15 is 8.78 Å². The van der Waals surface area contributed by atoms with E-state index in [1.807, 2.05) is 6.92 Å². The third-order valence-corrected chi connectivity index (χ3v) is 7.94. The lowest BCUT2D eigenvalue weighted by Crippen LogP contribution is -2.44. The molecular weight excluding hydrogens is 562 g/mol. The number of hydrogen-bond acceptors (Lipinski definition) is 6. The van der Waals surface area contributed by atoms with E-state index < -0.39 is 50.9 Å². The summed E-state index contributed by atoms with van der Waals surface area (Å²) >= 11 is 5.92. The summed E-state index contributed by atoms with van der Waals surface area (Å²) in [6, 6.07) is 7.05. The number of carbonyl (C=O) groups excluding carboxylic acids is 4. The number of pyridine rings is 1. The summed E-state index contributed by atoms with van der Waals surface area (Å²) in [7, 11) is -0.510. The zero-order valence-corrected chi connectivity index (χ0v) is 23.6. The Morgan fingerprint density at radius 2 is 2.12 bits per heavy atom. The van der Waals surface area contributed by atoms with Crippen molar-refractivity contribution in [2.45, 2.75) is 62.6 Å². The first-order valence-corrected chi connectivity index (χ1v) is 14.4. The Labute approximate surface area is 238 Å². The number of hydrogen-bond donors (Lipinski definition) is 3. The lowest BCUT2D eigenvalue weighted by atomic mass is 9.98. The number of alkyl halides is 2. The normalized spacial score (nSPS) is 17.3. The van der Waals surface area contributed by atoms with Gasteiger partial charge in [0.25, 0.3) is 0 Å². The van der Waals surface area contributed by atoms with Crippen LogP contribution in [0.2, 0.25) is 10.6 Å². The van der Waals surface area contributed by atoms with Gasteiger partial charge >= 0.3 is 12.0 Å². The van der Waals surface area contributed by atoms with E-state index in [-0.39, 0.29) is 28.8 Å². The summed E-state index contributed by atoms with van der Waals surface area (Å²) in [6.07, 6.45) is 2.57. The van der Waals surface area contributed by atoms with Gasteiger partial charge in [0, 0.05) is 41.0 Å². The van der Waals surface area contributed by atoms with Crippen LogP contribution in [-0.4, -0.2) is 51.4 Å². The van der Waals surface area contributed by atoms with E-state index in [2.05, 4.69) is 20.6 Å². The van der Waals surface area contributed by atoms with Crippen LogP contribution in [0.1, 0.15) is 56.3 Å². The fourth-order valence-electron chi connectivity index (χ4n) is 4.30. The summed E-state index contributed by atoms with van der Waals surface area (Å²) in [4.78, 5) is 55.6. The summed E-state index contributed by atoms with van der Waals surface area (Å²) < 4.78 is 36.4. The molecular formula is C27H31ClF2N4O5Si. The first-order chi connectivity index (χ1) is 19.1. The van der Waals surface area contributed by atoms with Gasteiger partial charge in [0.2, 0.25) is 11.8 Å². The largest absolute Gasteiger partial charge is 0.435 e. The number of aromatic nitrogens is 1. The SMILES string of the molecule is CCCC[C@H]([Si]NC(=O)OC(c1cccnc1)C(F)(F)c1cccc(Cl)c1)C(=O)N[C@H](C=O)C[C@@H]1CCNC1=O. The van der Waals surface area contributed by atoms with Crippen LogP contribution in [0.25, 0.3) is 0 Å². The smallest absolute Gasteiger partial charge is 0.399 e. The van der Waals surface area contributed by atoms with E-state index in [0.717, 1.165) is 12.5 Å². The number of rotatable bonds is 14. The highest BCUT2D eigenvalue weighted by Crippen LogP contribution is 2.43. The van der Waals surface area contributed by atoms with Gasteiger partial charge in [-0.1, -0.05) is 49.6 Å². The molecule has 9 nitrogen and oxygen atoms in total. The van der Waals surface area contributed by atoms with Gasteiger partial charge in [-0.3, -0.25) is 14.6 Å². The van der Waals surface area contributed by atoms with Crippen LogP contribution in [0.5, 0.6) is 0 Å². The molecule has 13 heteroatoms. The van der Waals surface area contributed by atoms with Gasteiger partial charge in [-0.05, 0) is 37.5 Å². The van der Waals surface area contributed by atoms with E-state index in [1.165, 1.54) is 42.7 Å². The van der Waals surface area contributed by atoms with Crippen molar-refractivity contribution >= 4 is 45.5 Å². The molecule has 1 aromatic carbocycles. The molecule has 1 aliphatic heterocycles. The van der Waals surface area contributed by atoms with Crippen molar-refractivity contribution in [3.63, 3.8) is 0 Å². The molecule has 1 aromatic heterocycles. The van der Waals surface area contributed by atoms with Crippen LogP contribution in [-0.2, 0) is 25.0 Å². The van der Waals surface area contributed by atoms with Crippen molar-refractivity contribution in [1.29, 1.82) is 0 Å². The molecule has 4 atom stereocenters. The lowest BCUT2D eigenvalue weighted by molar-refractivity contribution is -0.126. The summed E-state index contributed by atoms with van der Waals surface area (Å²) in [5.74, 6) is -4.66.